The number of benzene rings is 1. The summed E-state index contributed by atoms with van der Waals surface area (Å²) in [5, 5.41) is 13.7. The van der Waals surface area contributed by atoms with Gasteiger partial charge < -0.3 is 10.4 Å². The third-order valence-corrected chi connectivity index (χ3v) is 6.11. The van der Waals surface area contributed by atoms with Gasteiger partial charge in [-0.3, -0.25) is 9.97 Å². The fraction of sp³-hybridized carbons (Fsp3) is 0.259. The molecule has 0 radical (unpaired) electrons. The van der Waals surface area contributed by atoms with Crippen molar-refractivity contribution in [2.24, 2.45) is 0 Å². The number of nitrogens with one attached hydrogen (secondary N) is 1. The monoisotopic (exact) mass is 455 g/mol. The molecule has 4 aromatic rings. The number of hydrogen-bond acceptors (Lipinski definition) is 6. The average Bonchev–Trinajstić information content (AvgIpc) is 3.18. The molecule has 3 aromatic heterocycles. The van der Waals surface area contributed by atoms with Crippen LogP contribution in [0.5, 0.6) is 0 Å². The average molecular weight is 456 g/mol. The number of pyridine rings is 2. The van der Waals surface area contributed by atoms with Gasteiger partial charge in [0.05, 0.1) is 11.4 Å². The second-order valence-corrected chi connectivity index (χ2v) is 8.84. The molecule has 3 heterocycles. The van der Waals surface area contributed by atoms with Crippen LogP contribution < -0.4 is 5.32 Å². The number of aliphatic hydroxyl groups is 1. The lowest BCUT2D eigenvalue weighted by molar-refractivity contribution is -0.0959. The minimum Gasteiger partial charge on any atom is -0.366 e. The molecule has 1 aliphatic carbocycles. The summed E-state index contributed by atoms with van der Waals surface area (Å²) in [5.41, 5.74) is 5.14. The second kappa shape index (κ2) is 8.91. The van der Waals surface area contributed by atoms with Gasteiger partial charge in [-0.25, -0.2) is 14.4 Å². The number of hydrogen-bond donors (Lipinski definition) is 2. The van der Waals surface area contributed by atoms with Crippen molar-refractivity contribution >= 4 is 5.82 Å². The van der Waals surface area contributed by atoms with Crippen LogP contribution in [0.25, 0.3) is 22.8 Å². The van der Waals surface area contributed by atoms with E-state index in [9.17, 15) is 9.50 Å². The predicted octanol–water partition coefficient (Wildman–Crippen LogP) is 5.40. The zero-order chi connectivity index (χ0) is 23.7. The van der Waals surface area contributed by atoms with E-state index >= 15 is 0 Å². The van der Waals surface area contributed by atoms with E-state index in [1.807, 2.05) is 54.6 Å². The highest BCUT2D eigenvalue weighted by molar-refractivity contribution is 5.65. The van der Waals surface area contributed by atoms with Crippen molar-refractivity contribution in [3.05, 3.63) is 89.4 Å². The Morgan fingerprint density at radius 3 is 2.53 bits per heavy atom. The van der Waals surface area contributed by atoms with E-state index in [1.165, 1.54) is 0 Å². The smallest absolute Gasteiger partial charge is 0.250 e. The standard InChI is InChI=1S/C27H26FN5O/c1-17(2)19-7-3-4-8-20(19)26-32-24-21(12-13-27(24,28)34)25(33-26)31-16-18-10-11-23(30-15-18)22-9-5-6-14-29-22/h3-11,14-15,17,34H,12-13,16H2,1-2H3,(H,31,32,33). The van der Waals surface area contributed by atoms with E-state index in [2.05, 4.69) is 34.1 Å². The van der Waals surface area contributed by atoms with Gasteiger partial charge in [0, 0.05) is 36.5 Å². The molecule has 0 spiro atoms. The SMILES string of the molecule is CC(C)c1ccccc1-c1nc(NCc2ccc(-c3ccccn3)nc2)c2c(n1)C(O)(F)CC2. The molecule has 172 valence electrons. The molecule has 6 nitrogen and oxygen atoms in total. The molecule has 2 N–H and O–H groups in total. The van der Waals surface area contributed by atoms with Gasteiger partial charge in [0.25, 0.3) is 5.85 Å². The Bertz CT molecular complexity index is 1310. The minimum absolute atomic E-state index is 0.0265. The summed E-state index contributed by atoms with van der Waals surface area (Å²) in [4.78, 5) is 18.1. The minimum atomic E-state index is -2.46. The van der Waals surface area contributed by atoms with Gasteiger partial charge in [0.2, 0.25) is 0 Å². The molecule has 0 bridgehead atoms. The Hall–Kier alpha value is -3.71. The van der Waals surface area contributed by atoms with E-state index in [0.29, 0.717) is 30.2 Å². The molecule has 0 amide bonds. The topological polar surface area (TPSA) is 83.8 Å². The van der Waals surface area contributed by atoms with Gasteiger partial charge in [-0.15, -0.1) is 0 Å². The summed E-state index contributed by atoms with van der Waals surface area (Å²) in [6.45, 7) is 4.64. The molecule has 5 rings (SSSR count). The zero-order valence-corrected chi connectivity index (χ0v) is 19.2. The van der Waals surface area contributed by atoms with Crippen molar-refractivity contribution in [1.29, 1.82) is 0 Å². The fourth-order valence-corrected chi connectivity index (χ4v) is 4.30. The van der Waals surface area contributed by atoms with Crippen LogP contribution >= 0.6 is 0 Å². The Morgan fingerprint density at radius 2 is 1.79 bits per heavy atom. The van der Waals surface area contributed by atoms with E-state index in [-0.39, 0.29) is 18.0 Å². The van der Waals surface area contributed by atoms with Crippen molar-refractivity contribution in [1.82, 2.24) is 19.9 Å². The lowest BCUT2D eigenvalue weighted by atomic mass is 9.96. The third-order valence-electron chi connectivity index (χ3n) is 6.11. The van der Waals surface area contributed by atoms with Gasteiger partial charge in [-0.2, -0.15) is 0 Å². The number of halogens is 1. The number of nitrogens with zero attached hydrogens (tertiary/aromatic N) is 4. The first-order valence-corrected chi connectivity index (χ1v) is 11.4. The number of anilines is 1. The summed E-state index contributed by atoms with van der Waals surface area (Å²) in [6.07, 6.45) is 3.87. The van der Waals surface area contributed by atoms with Crippen LogP contribution in [-0.4, -0.2) is 25.0 Å². The fourth-order valence-electron chi connectivity index (χ4n) is 4.30. The maximum absolute atomic E-state index is 14.9. The Labute approximate surface area is 198 Å². The second-order valence-electron chi connectivity index (χ2n) is 8.84. The lowest BCUT2D eigenvalue weighted by Gasteiger charge is -2.18. The Kier molecular flexibility index (Phi) is 5.79. The number of alkyl halides is 1. The van der Waals surface area contributed by atoms with Gasteiger partial charge in [-0.05, 0) is 41.7 Å². The molecule has 0 saturated carbocycles. The third kappa shape index (κ3) is 4.26. The van der Waals surface area contributed by atoms with Crippen molar-refractivity contribution in [2.45, 2.75) is 45.0 Å². The Morgan fingerprint density at radius 1 is 1.00 bits per heavy atom. The van der Waals surface area contributed by atoms with Crippen LogP contribution in [0, 0.1) is 0 Å². The molecule has 1 atom stereocenters. The first kappa shape index (κ1) is 22.1. The van der Waals surface area contributed by atoms with Crippen LogP contribution in [0.1, 0.15) is 48.6 Å². The van der Waals surface area contributed by atoms with Crippen LogP contribution in [0.2, 0.25) is 0 Å². The van der Waals surface area contributed by atoms with Crippen LogP contribution in [-0.2, 0) is 18.8 Å². The van der Waals surface area contributed by atoms with Crippen molar-refractivity contribution in [3.63, 3.8) is 0 Å². The van der Waals surface area contributed by atoms with Crippen molar-refractivity contribution in [2.75, 3.05) is 5.32 Å². The maximum atomic E-state index is 14.9. The Balaban J connectivity index is 1.46. The first-order valence-electron chi connectivity index (χ1n) is 11.4. The van der Waals surface area contributed by atoms with Gasteiger partial charge in [0.1, 0.15) is 11.5 Å². The maximum Gasteiger partial charge on any atom is 0.250 e. The molecule has 0 fully saturated rings. The molecule has 1 unspecified atom stereocenters. The van der Waals surface area contributed by atoms with Crippen molar-refractivity contribution in [3.8, 4) is 22.8 Å². The number of fused-ring (bicyclic) bond motifs is 1. The summed E-state index contributed by atoms with van der Waals surface area (Å²) in [6, 6.07) is 17.5. The van der Waals surface area contributed by atoms with E-state index in [0.717, 1.165) is 28.1 Å². The van der Waals surface area contributed by atoms with Gasteiger partial charge >= 0.3 is 0 Å². The molecular formula is C27H26FN5O. The molecule has 1 aliphatic rings. The van der Waals surface area contributed by atoms with E-state index < -0.39 is 5.85 Å². The molecule has 1 aromatic carbocycles. The summed E-state index contributed by atoms with van der Waals surface area (Å²) >= 11 is 0. The van der Waals surface area contributed by atoms with E-state index in [1.54, 1.807) is 12.4 Å². The number of rotatable bonds is 6. The van der Waals surface area contributed by atoms with Gasteiger partial charge in [-0.1, -0.05) is 50.2 Å². The molecule has 0 saturated heterocycles. The molecule has 0 aliphatic heterocycles. The first-order chi connectivity index (χ1) is 16.4. The van der Waals surface area contributed by atoms with Crippen LogP contribution in [0.3, 0.4) is 0 Å². The highest BCUT2D eigenvalue weighted by Crippen LogP contribution is 2.41. The highest BCUT2D eigenvalue weighted by Gasteiger charge is 2.41. The van der Waals surface area contributed by atoms with Crippen LogP contribution in [0.4, 0.5) is 10.2 Å². The molecule has 34 heavy (non-hydrogen) atoms. The van der Waals surface area contributed by atoms with Crippen LogP contribution in [0.15, 0.2) is 67.0 Å². The normalized spacial score (nSPS) is 17.1. The largest absolute Gasteiger partial charge is 0.366 e. The summed E-state index contributed by atoms with van der Waals surface area (Å²) in [7, 11) is 0. The quantitative estimate of drug-likeness (QED) is 0.405. The summed E-state index contributed by atoms with van der Waals surface area (Å²) in [5.74, 6) is -1.26. The predicted molar refractivity (Wildman–Crippen MR) is 130 cm³/mol. The zero-order valence-electron chi connectivity index (χ0n) is 19.2. The number of aromatic nitrogens is 4. The van der Waals surface area contributed by atoms with Crippen molar-refractivity contribution < 1.29 is 9.50 Å². The highest BCUT2D eigenvalue weighted by atomic mass is 19.2. The molecule has 7 heteroatoms. The van der Waals surface area contributed by atoms with Gasteiger partial charge in [0.15, 0.2) is 5.82 Å². The lowest BCUT2D eigenvalue weighted by Crippen LogP contribution is -2.18. The van der Waals surface area contributed by atoms with E-state index in [4.69, 9.17) is 4.98 Å². The summed E-state index contributed by atoms with van der Waals surface area (Å²) < 4.78 is 14.9. The molecular weight excluding hydrogens is 429 g/mol.